The second-order valence-corrected chi connectivity index (χ2v) is 6.85. The zero-order valence-corrected chi connectivity index (χ0v) is 16.2. The van der Waals surface area contributed by atoms with Crippen LogP contribution in [0.3, 0.4) is 0 Å². The van der Waals surface area contributed by atoms with E-state index in [1.54, 1.807) is 36.4 Å². The lowest BCUT2D eigenvalue weighted by atomic mass is 10.2. The van der Waals surface area contributed by atoms with E-state index in [0.29, 0.717) is 27.3 Å². The maximum atomic E-state index is 12.2. The van der Waals surface area contributed by atoms with Gasteiger partial charge in [-0.05, 0) is 59.8 Å². The first-order valence-corrected chi connectivity index (χ1v) is 9.36. The number of benzene rings is 2. The lowest BCUT2D eigenvalue weighted by Gasteiger charge is -2.10. The molecule has 29 heavy (non-hydrogen) atoms. The van der Waals surface area contributed by atoms with Crippen LogP contribution in [-0.4, -0.2) is 47.6 Å². The number of carboxylic acid groups (broad SMARTS) is 1. The summed E-state index contributed by atoms with van der Waals surface area (Å²) in [5.41, 5.74) is 1.44. The number of carbonyl (C=O) groups excluding carboxylic acids is 1. The van der Waals surface area contributed by atoms with Crippen molar-refractivity contribution < 1.29 is 29.3 Å². The molecule has 9 heteroatoms. The minimum absolute atomic E-state index is 0.104. The largest absolute Gasteiger partial charge is 0.493 e. The number of nitrogens with one attached hydrogen (secondary N) is 1. The molecular weight excluding hydrogens is 396 g/mol. The number of carboxylic acids is 1. The summed E-state index contributed by atoms with van der Waals surface area (Å²) in [6.45, 7) is 0.0508. The van der Waals surface area contributed by atoms with E-state index in [4.69, 9.17) is 19.7 Å². The van der Waals surface area contributed by atoms with Crippen LogP contribution >= 0.6 is 11.8 Å². The highest BCUT2D eigenvalue weighted by molar-refractivity contribution is 8.18. The number of aliphatic hydroxyl groups is 1. The normalized spacial score (nSPS) is 16.1. The van der Waals surface area contributed by atoms with Crippen LogP contribution in [0.2, 0.25) is 0 Å². The van der Waals surface area contributed by atoms with Crippen LogP contribution in [0.4, 0.5) is 5.69 Å². The number of ether oxygens (including phenoxy) is 2. The fourth-order valence-corrected chi connectivity index (χ4v) is 3.32. The summed E-state index contributed by atoms with van der Waals surface area (Å²) in [5, 5.41) is 20.9. The standard InChI is InChI=1S/C20H18N2O6S/c1-27-16-10-12(2-7-15(16)28-9-8-23)11-17-18(24)22-20(29-17)21-14-5-3-13(4-6-14)19(25)26/h2-7,10-11,23H,8-9H2,1H3,(H,25,26)(H,21,22,24)/b17-11+. The van der Waals surface area contributed by atoms with Crippen LogP contribution in [-0.2, 0) is 4.79 Å². The third-order valence-electron chi connectivity index (χ3n) is 3.83. The third kappa shape index (κ3) is 5.15. The van der Waals surface area contributed by atoms with Crippen molar-refractivity contribution in [2.75, 3.05) is 20.3 Å². The summed E-state index contributed by atoms with van der Waals surface area (Å²) >= 11 is 1.18. The molecule has 1 aliphatic rings. The Kier molecular flexibility index (Phi) is 6.53. The molecule has 0 bridgehead atoms. The molecular formula is C20H18N2O6S. The van der Waals surface area contributed by atoms with Crippen LogP contribution in [0.5, 0.6) is 11.5 Å². The lowest BCUT2D eigenvalue weighted by Crippen LogP contribution is -2.19. The van der Waals surface area contributed by atoms with Gasteiger partial charge in [0.05, 0.1) is 29.9 Å². The quantitative estimate of drug-likeness (QED) is 0.596. The molecule has 1 saturated heterocycles. The van der Waals surface area contributed by atoms with Crippen molar-refractivity contribution in [1.82, 2.24) is 5.32 Å². The number of nitrogens with zero attached hydrogens (tertiary/aromatic N) is 1. The average molecular weight is 414 g/mol. The van der Waals surface area contributed by atoms with Gasteiger partial charge < -0.3 is 25.0 Å². The van der Waals surface area contributed by atoms with Crippen molar-refractivity contribution in [3.63, 3.8) is 0 Å². The minimum Gasteiger partial charge on any atom is -0.493 e. The highest BCUT2D eigenvalue weighted by atomic mass is 32.2. The van der Waals surface area contributed by atoms with Gasteiger partial charge in [0.15, 0.2) is 16.7 Å². The number of hydrogen-bond acceptors (Lipinski definition) is 7. The maximum absolute atomic E-state index is 12.2. The SMILES string of the molecule is COc1cc(/C=C2/SC(=Nc3ccc(C(=O)O)cc3)NC2=O)ccc1OCCO. The predicted octanol–water partition coefficient (Wildman–Crippen LogP) is 2.66. The van der Waals surface area contributed by atoms with Gasteiger partial charge in [-0.3, -0.25) is 4.79 Å². The fourth-order valence-electron chi connectivity index (χ4n) is 2.48. The van der Waals surface area contributed by atoms with Gasteiger partial charge in [0.25, 0.3) is 5.91 Å². The number of amidine groups is 1. The van der Waals surface area contributed by atoms with Gasteiger partial charge >= 0.3 is 5.97 Å². The summed E-state index contributed by atoms with van der Waals surface area (Å²) in [7, 11) is 1.51. The van der Waals surface area contributed by atoms with Crippen LogP contribution in [0, 0.1) is 0 Å². The minimum atomic E-state index is -1.01. The number of carbonyl (C=O) groups is 2. The van der Waals surface area contributed by atoms with Gasteiger partial charge in [-0.1, -0.05) is 6.07 Å². The Balaban J connectivity index is 1.77. The molecule has 1 heterocycles. The first-order chi connectivity index (χ1) is 14.0. The molecule has 2 aromatic rings. The number of aliphatic imine (C=N–C) groups is 1. The fraction of sp³-hybridized carbons (Fsp3) is 0.150. The van der Waals surface area contributed by atoms with E-state index in [9.17, 15) is 9.59 Å². The van der Waals surface area contributed by atoms with Crippen molar-refractivity contribution in [3.05, 3.63) is 58.5 Å². The van der Waals surface area contributed by atoms with E-state index in [1.807, 2.05) is 0 Å². The van der Waals surface area contributed by atoms with E-state index in [-0.39, 0.29) is 24.7 Å². The number of rotatable bonds is 7. The van der Waals surface area contributed by atoms with Crippen LogP contribution in [0.25, 0.3) is 6.08 Å². The topological polar surface area (TPSA) is 117 Å². The summed E-state index contributed by atoms with van der Waals surface area (Å²) in [4.78, 5) is 27.9. The maximum Gasteiger partial charge on any atom is 0.335 e. The molecule has 150 valence electrons. The molecule has 1 aliphatic heterocycles. The van der Waals surface area contributed by atoms with E-state index >= 15 is 0 Å². The molecule has 0 aromatic heterocycles. The summed E-state index contributed by atoms with van der Waals surface area (Å²) in [6, 6.07) is 11.3. The molecule has 0 saturated carbocycles. The van der Waals surface area contributed by atoms with Gasteiger partial charge in [-0.2, -0.15) is 0 Å². The molecule has 0 aliphatic carbocycles. The number of methoxy groups -OCH3 is 1. The monoisotopic (exact) mass is 414 g/mol. The zero-order chi connectivity index (χ0) is 20.8. The van der Waals surface area contributed by atoms with Crippen LogP contribution < -0.4 is 14.8 Å². The van der Waals surface area contributed by atoms with Gasteiger partial charge in [0.2, 0.25) is 0 Å². The smallest absolute Gasteiger partial charge is 0.335 e. The highest BCUT2D eigenvalue weighted by Crippen LogP contribution is 2.32. The van der Waals surface area contributed by atoms with E-state index in [2.05, 4.69) is 10.3 Å². The Hall–Kier alpha value is -3.30. The van der Waals surface area contributed by atoms with E-state index in [1.165, 1.54) is 31.0 Å². The van der Waals surface area contributed by atoms with Crippen molar-refractivity contribution in [3.8, 4) is 11.5 Å². The summed E-state index contributed by atoms with van der Waals surface area (Å²) in [5.74, 6) is -0.306. The molecule has 0 atom stereocenters. The molecule has 0 radical (unpaired) electrons. The van der Waals surface area contributed by atoms with E-state index < -0.39 is 5.97 Å². The average Bonchev–Trinajstić information content (AvgIpc) is 3.05. The van der Waals surface area contributed by atoms with Crippen LogP contribution in [0.15, 0.2) is 52.4 Å². The first-order valence-electron chi connectivity index (χ1n) is 8.55. The Labute approximate surface area is 170 Å². The Morgan fingerprint density at radius 2 is 1.97 bits per heavy atom. The van der Waals surface area contributed by atoms with E-state index in [0.717, 1.165) is 5.56 Å². The number of amides is 1. The first kappa shape index (κ1) is 20.4. The van der Waals surface area contributed by atoms with Crippen molar-refractivity contribution in [1.29, 1.82) is 0 Å². The second kappa shape index (κ2) is 9.26. The summed E-state index contributed by atoms with van der Waals surface area (Å²) < 4.78 is 10.7. The Bertz CT molecular complexity index is 985. The summed E-state index contributed by atoms with van der Waals surface area (Å²) in [6.07, 6.45) is 1.70. The molecule has 3 N–H and O–H groups in total. The van der Waals surface area contributed by atoms with Crippen molar-refractivity contribution in [2.45, 2.75) is 0 Å². The van der Waals surface area contributed by atoms with Crippen molar-refractivity contribution in [2.24, 2.45) is 4.99 Å². The van der Waals surface area contributed by atoms with Crippen molar-refractivity contribution >= 4 is 40.6 Å². The Morgan fingerprint density at radius 1 is 1.21 bits per heavy atom. The Morgan fingerprint density at radius 3 is 2.62 bits per heavy atom. The number of thioether (sulfide) groups is 1. The van der Waals surface area contributed by atoms with Crippen LogP contribution in [0.1, 0.15) is 15.9 Å². The van der Waals surface area contributed by atoms with Gasteiger partial charge in [-0.25, -0.2) is 9.79 Å². The number of hydrogen-bond donors (Lipinski definition) is 3. The molecule has 0 spiro atoms. The number of aromatic carboxylic acids is 1. The molecule has 0 unspecified atom stereocenters. The molecule has 1 amide bonds. The van der Waals surface area contributed by atoms with Gasteiger partial charge in [-0.15, -0.1) is 0 Å². The molecule has 2 aromatic carbocycles. The second-order valence-electron chi connectivity index (χ2n) is 5.82. The lowest BCUT2D eigenvalue weighted by molar-refractivity contribution is -0.115. The molecule has 8 nitrogen and oxygen atoms in total. The third-order valence-corrected chi connectivity index (χ3v) is 4.74. The van der Waals surface area contributed by atoms with Gasteiger partial charge in [0.1, 0.15) is 6.61 Å². The number of aliphatic hydroxyl groups excluding tert-OH is 1. The molecule has 3 rings (SSSR count). The predicted molar refractivity (Wildman–Crippen MR) is 110 cm³/mol. The van der Waals surface area contributed by atoms with Gasteiger partial charge in [0, 0.05) is 0 Å². The zero-order valence-electron chi connectivity index (χ0n) is 15.4. The molecule has 1 fully saturated rings. The highest BCUT2D eigenvalue weighted by Gasteiger charge is 2.24.